The lowest BCUT2D eigenvalue weighted by molar-refractivity contribution is 0.0956. The highest BCUT2D eigenvalue weighted by atomic mass is 32.1. The monoisotopic (exact) mass is 415 g/mol. The number of thiophene rings is 1. The number of anilines is 1. The first-order valence-corrected chi connectivity index (χ1v) is 10.7. The molecule has 30 heavy (non-hydrogen) atoms. The Bertz CT molecular complexity index is 1250. The molecule has 1 saturated carbocycles. The highest BCUT2D eigenvalue weighted by Crippen LogP contribution is 2.42. The summed E-state index contributed by atoms with van der Waals surface area (Å²) in [7, 11) is 1.65. The van der Waals surface area contributed by atoms with Gasteiger partial charge in [-0.25, -0.2) is 4.98 Å². The average Bonchev–Trinajstić information content (AvgIpc) is 3.54. The molecule has 2 heterocycles. The summed E-state index contributed by atoms with van der Waals surface area (Å²) in [5.41, 5.74) is 10.7. The predicted molar refractivity (Wildman–Crippen MR) is 122 cm³/mol. The van der Waals surface area contributed by atoms with Crippen molar-refractivity contribution in [3.8, 4) is 28.1 Å². The normalized spacial score (nSPS) is 13.4. The number of nitrogens with two attached hydrogens (primary N) is 1. The number of nitrogens with one attached hydrogen (secondary N) is 1. The van der Waals surface area contributed by atoms with Crippen LogP contribution in [0.3, 0.4) is 0 Å². The number of carbonyl (C=O) groups is 1. The van der Waals surface area contributed by atoms with Crippen LogP contribution in [0.25, 0.3) is 32.6 Å². The van der Waals surface area contributed by atoms with Crippen LogP contribution in [0.1, 0.15) is 22.5 Å². The quantitative estimate of drug-likeness (QED) is 0.475. The number of ether oxygens (including phenoxy) is 1. The molecule has 1 fully saturated rings. The zero-order valence-electron chi connectivity index (χ0n) is 16.5. The second kappa shape index (κ2) is 7.46. The summed E-state index contributed by atoms with van der Waals surface area (Å²) >= 11 is 1.34. The molecular weight excluding hydrogens is 394 g/mol. The molecule has 5 nitrogen and oxygen atoms in total. The van der Waals surface area contributed by atoms with Gasteiger partial charge in [0.05, 0.1) is 18.5 Å². The maximum atomic E-state index is 12.8. The summed E-state index contributed by atoms with van der Waals surface area (Å²) in [4.78, 5) is 18.9. The molecule has 0 unspecified atom stereocenters. The molecule has 2 aromatic heterocycles. The number of aromatic nitrogens is 1. The van der Waals surface area contributed by atoms with Crippen LogP contribution < -0.4 is 15.8 Å². The molecule has 4 aromatic rings. The summed E-state index contributed by atoms with van der Waals surface area (Å²) in [5, 5.41) is 3.86. The molecule has 150 valence electrons. The van der Waals surface area contributed by atoms with Gasteiger partial charge in [0.2, 0.25) is 0 Å². The van der Waals surface area contributed by atoms with Crippen molar-refractivity contribution in [2.45, 2.75) is 18.9 Å². The first-order valence-electron chi connectivity index (χ1n) is 9.88. The number of carbonyl (C=O) groups excluding carboxylic acids is 1. The second-order valence-electron chi connectivity index (χ2n) is 7.39. The van der Waals surface area contributed by atoms with E-state index in [1.165, 1.54) is 11.3 Å². The topological polar surface area (TPSA) is 77.2 Å². The van der Waals surface area contributed by atoms with Gasteiger partial charge in [0.1, 0.15) is 15.5 Å². The number of rotatable bonds is 5. The van der Waals surface area contributed by atoms with E-state index in [0.717, 1.165) is 51.2 Å². The van der Waals surface area contributed by atoms with Gasteiger partial charge in [-0.2, -0.15) is 0 Å². The van der Waals surface area contributed by atoms with Crippen molar-refractivity contribution in [2.24, 2.45) is 0 Å². The molecule has 1 aliphatic rings. The lowest BCUT2D eigenvalue weighted by Crippen LogP contribution is -2.25. The Labute approximate surface area is 178 Å². The van der Waals surface area contributed by atoms with Crippen molar-refractivity contribution in [3.05, 3.63) is 65.5 Å². The van der Waals surface area contributed by atoms with Gasteiger partial charge in [-0.1, -0.05) is 42.5 Å². The SMILES string of the molecule is COc1ccccc1-c1cc(-c2ccccc2)c2c(N)c(C(=O)NC3CC3)sc2n1. The fraction of sp³-hybridized carbons (Fsp3) is 0.167. The number of pyridine rings is 1. The van der Waals surface area contributed by atoms with Crippen molar-refractivity contribution < 1.29 is 9.53 Å². The van der Waals surface area contributed by atoms with Crippen LogP contribution in [0.15, 0.2) is 60.7 Å². The molecule has 0 radical (unpaired) electrons. The fourth-order valence-electron chi connectivity index (χ4n) is 3.61. The van der Waals surface area contributed by atoms with E-state index in [9.17, 15) is 4.79 Å². The molecule has 3 N–H and O–H groups in total. The van der Waals surface area contributed by atoms with Crippen molar-refractivity contribution in [1.82, 2.24) is 10.3 Å². The van der Waals surface area contributed by atoms with Gasteiger partial charge in [0, 0.05) is 17.0 Å². The largest absolute Gasteiger partial charge is 0.496 e. The molecule has 0 saturated heterocycles. The number of fused-ring (bicyclic) bond motifs is 1. The third-order valence-corrected chi connectivity index (χ3v) is 6.38. The Kier molecular flexibility index (Phi) is 4.64. The van der Waals surface area contributed by atoms with Gasteiger partial charge >= 0.3 is 0 Å². The first-order chi connectivity index (χ1) is 14.7. The van der Waals surface area contributed by atoms with E-state index in [2.05, 4.69) is 5.32 Å². The number of methoxy groups -OCH3 is 1. The van der Waals surface area contributed by atoms with Crippen LogP contribution in [-0.4, -0.2) is 24.0 Å². The minimum Gasteiger partial charge on any atom is -0.496 e. The summed E-state index contributed by atoms with van der Waals surface area (Å²) in [6.07, 6.45) is 2.06. The van der Waals surface area contributed by atoms with E-state index >= 15 is 0 Å². The number of nitrogen functional groups attached to an aromatic ring is 1. The predicted octanol–water partition coefficient (Wildman–Crippen LogP) is 5.11. The van der Waals surface area contributed by atoms with E-state index in [1.54, 1.807) is 7.11 Å². The van der Waals surface area contributed by atoms with Gasteiger partial charge < -0.3 is 15.8 Å². The number of para-hydroxylation sites is 1. The molecule has 0 bridgehead atoms. The number of amides is 1. The van der Waals surface area contributed by atoms with Gasteiger partial charge in [-0.05, 0) is 42.2 Å². The number of hydrogen-bond donors (Lipinski definition) is 2. The smallest absolute Gasteiger partial charge is 0.263 e. The summed E-state index contributed by atoms with van der Waals surface area (Å²) in [6, 6.07) is 20.2. The third-order valence-electron chi connectivity index (χ3n) is 5.29. The molecule has 6 heteroatoms. The third kappa shape index (κ3) is 3.29. The van der Waals surface area contributed by atoms with Crippen molar-refractivity contribution in [3.63, 3.8) is 0 Å². The van der Waals surface area contributed by atoms with Crippen molar-refractivity contribution in [2.75, 3.05) is 12.8 Å². The van der Waals surface area contributed by atoms with Crippen LogP contribution in [0, 0.1) is 0 Å². The van der Waals surface area contributed by atoms with Crippen molar-refractivity contribution >= 4 is 33.1 Å². The van der Waals surface area contributed by atoms with E-state index in [-0.39, 0.29) is 11.9 Å². The lowest BCUT2D eigenvalue weighted by Gasteiger charge is -2.11. The van der Waals surface area contributed by atoms with Gasteiger partial charge in [0.15, 0.2) is 0 Å². The highest BCUT2D eigenvalue weighted by Gasteiger charge is 2.27. The van der Waals surface area contributed by atoms with E-state index in [0.29, 0.717) is 10.6 Å². The Balaban J connectivity index is 1.75. The zero-order valence-corrected chi connectivity index (χ0v) is 17.3. The molecule has 0 spiro atoms. The van der Waals surface area contributed by atoms with Crippen LogP contribution in [0.4, 0.5) is 5.69 Å². The molecule has 0 atom stereocenters. The minimum atomic E-state index is -0.115. The molecule has 1 amide bonds. The minimum absolute atomic E-state index is 0.115. The van der Waals surface area contributed by atoms with Crippen LogP contribution >= 0.6 is 11.3 Å². The highest BCUT2D eigenvalue weighted by molar-refractivity contribution is 7.21. The van der Waals surface area contributed by atoms with E-state index < -0.39 is 0 Å². The van der Waals surface area contributed by atoms with Gasteiger partial charge in [-0.15, -0.1) is 11.3 Å². The number of benzene rings is 2. The Hall–Kier alpha value is -3.38. The zero-order chi connectivity index (χ0) is 20.7. The van der Waals surface area contributed by atoms with Crippen LogP contribution in [-0.2, 0) is 0 Å². The molecule has 2 aromatic carbocycles. The van der Waals surface area contributed by atoms with Gasteiger partial charge in [-0.3, -0.25) is 4.79 Å². The Morgan fingerprint density at radius 3 is 2.57 bits per heavy atom. The molecule has 0 aliphatic heterocycles. The second-order valence-corrected chi connectivity index (χ2v) is 8.39. The molecule has 1 aliphatic carbocycles. The maximum Gasteiger partial charge on any atom is 0.263 e. The molecule has 5 rings (SSSR count). The maximum absolute atomic E-state index is 12.8. The van der Waals surface area contributed by atoms with E-state index in [4.69, 9.17) is 15.5 Å². The molecular formula is C24H21N3O2S. The lowest BCUT2D eigenvalue weighted by atomic mass is 9.99. The average molecular weight is 416 g/mol. The Morgan fingerprint density at radius 1 is 1.10 bits per heavy atom. The fourth-order valence-corrected chi connectivity index (χ4v) is 4.63. The summed E-state index contributed by atoms with van der Waals surface area (Å²) < 4.78 is 5.55. The number of hydrogen-bond acceptors (Lipinski definition) is 5. The first kappa shape index (κ1) is 18.6. The van der Waals surface area contributed by atoms with Gasteiger partial charge in [0.25, 0.3) is 5.91 Å². The Morgan fingerprint density at radius 2 is 1.83 bits per heavy atom. The summed E-state index contributed by atoms with van der Waals surface area (Å²) in [5.74, 6) is 0.635. The van der Waals surface area contributed by atoms with Crippen LogP contribution in [0.5, 0.6) is 5.75 Å². The van der Waals surface area contributed by atoms with Crippen LogP contribution in [0.2, 0.25) is 0 Å². The summed E-state index contributed by atoms with van der Waals surface area (Å²) in [6.45, 7) is 0. The standard InChI is InChI=1S/C24H21N3O2S/c1-29-19-10-6-5-9-16(19)18-13-17(14-7-3-2-4-8-14)20-21(25)22(30-24(20)27-18)23(28)26-15-11-12-15/h2-10,13,15H,11-12,25H2,1H3,(H,26,28). The number of nitrogens with zero attached hydrogens (tertiary/aromatic N) is 1. The van der Waals surface area contributed by atoms with E-state index in [1.807, 2.05) is 60.7 Å². The van der Waals surface area contributed by atoms with Crippen molar-refractivity contribution in [1.29, 1.82) is 0 Å².